The molecular formula is C44H50F4N6O6. The van der Waals surface area contributed by atoms with Crippen molar-refractivity contribution in [2.75, 3.05) is 22.9 Å². The molecule has 2 amide bonds. The van der Waals surface area contributed by atoms with Crippen molar-refractivity contribution in [2.45, 2.75) is 115 Å². The Morgan fingerprint density at radius 3 is 1.57 bits per heavy atom. The van der Waals surface area contributed by atoms with Gasteiger partial charge < -0.3 is 29.9 Å². The van der Waals surface area contributed by atoms with E-state index in [4.69, 9.17) is 9.47 Å². The van der Waals surface area contributed by atoms with Crippen LogP contribution < -0.4 is 41.0 Å². The van der Waals surface area contributed by atoms with Gasteiger partial charge in [-0.25, -0.2) is 0 Å². The average molecular weight is 835 g/mol. The Morgan fingerprint density at radius 2 is 1.08 bits per heavy atom. The highest BCUT2D eigenvalue weighted by molar-refractivity contribution is 5.84. The Morgan fingerprint density at radius 1 is 0.600 bits per heavy atom. The molecule has 4 aliphatic rings. The molecule has 0 spiro atoms. The topological polar surface area (TPSA) is 127 Å². The first kappa shape index (κ1) is 42.3. The van der Waals surface area contributed by atoms with E-state index in [1.165, 1.54) is 37.2 Å². The minimum absolute atomic E-state index is 0.144. The van der Waals surface area contributed by atoms with E-state index < -0.39 is 36.4 Å². The van der Waals surface area contributed by atoms with Gasteiger partial charge >= 0.3 is 13.1 Å². The van der Waals surface area contributed by atoms with Crippen molar-refractivity contribution in [3.63, 3.8) is 0 Å². The van der Waals surface area contributed by atoms with E-state index in [0.717, 1.165) is 75.0 Å². The molecule has 4 heterocycles. The lowest BCUT2D eigenvalue weighted by atomic mass is 9.95. The van der Waals surface area contributed by atoms with Crippen LogP contribution >= 0.6 is 0 Å². The number of ether oxygens (including phenoxy) is 2. The molecule has 2 aromatic carbocycles. The maximum Gasteiger partial charge on any atom is 0.321 e. The number of hydrogen-bond acceptors (Lipinski definition) is 8. The molecule has 0 saturated heterocycles. The number of carbonyl (C=O) groups excluding carboxylic acids is 2. The van der Waals surface area contributed by atoms with E-state index in [1.54, 1.807) is 12.1 Å². The number of alkyl halides is 4. The zero-order valence-electron chi connectivity index (χ0n) is 33.2. The van der Waals surface area contributed by atoms with Gasteiger partial charge in [0.25, 0.3) is 22.9 Å². The van der Waals surface area contributed by atoms with Crippen molar-refractivity contribution in [3.8, 4) is 11.5 Å². The Labute approximate surface area is 345 Å². The second kappa shape index (κ2) is 19.5. The Kier molecular flexibility index (Phi) is 13.8. The number of nitrogens with one attached hydrogen (secondary N) is 2. The molecule has 0 radical (unpaired) electrons. The molecule has 2 N–H and O–H groups in total. The van der Waals surface area contributed by atoms with Gasteiger partial charge in [0, 0.05) is 49.7 Å². The van der Waals surface area contributed by atoms with E-state index in [0.29, 0.717) is 51.4 Å². The third-order valence-electron chi connectivity index (χ3n) is 11.4. The highest BCUT2D eigenvalue weighted by Gasteiger charge is 2.34. The van der Waals surface area contributed by atoms with E-state index in [-0.39, 0.29) is 30.4 Å². The van der Waals surface area contributed by atoms with Crippen LogP contribution in [0.1, 0.15) is 88.4 Å². The molecule has 2 fully saturated rings. The van der Waals surface area contributed by atoms with Gasteiger partial charge in [-0.15, -0.1) is 0 Å². The molecule has 2 atom stereocenters. The first-order valence-corrected chi connectivity index (χ1v) is 20.6. The predicted molar refractivity (Wildman–Crippen MR) is 218 cm³/mol. The van der Waals surface area contributed by atoms with Crippen molar-refractivity contribution in [1.82, 2.24) is 19.8 Å². The smallest absolute Gasteiger partial charge is 0.321 e. The summed E-state index contributed by atoms with van der Waals surface area (Å²) in [5, 5.41) is 6.21. The van der Waals surface area contributed by atoms with Crippen LogP contribution in [0.15, 0.2) is 94.8 Å². The van der Waals surface area contributed by atoms with E-state index in [2.05, 4.69) is 10.6 Å². The Balaban J connectivity index is 0.000000181. The van der Waals surface area contributed by atoms with Crippen LogP contribution in [0.5, 0.6) is 11.5 Å². The van der Waals surface area contributed by atoms with Crippen molar-refractivity contribution >= 4 is 23.2 Å². The highest BCUT2D eigenvalue weighted by Crippen LogP contribution is 2.36. The van der Waals surface area contributed by atoms with Crippen LogP contribution in [-0.4, -0.2) is 58.3 Å². The predicted octanol–water partition coefficient (Wildman–Crippen LogP) is 6.92. The molecule has 16 heteroatoms. The average Bonchev–Trinajstić information content (AvgIpc) is 3.25. The van der Waals surface area contributed by atoms with Gasteiger partial charge in [-0.3, -0.25) is 28.3 Å². The molecule has 2 saturated carbocycles. The van der Waals surface area contributed by atoms with Crippen molar-refractivity contribution in [3.05, 3.63) is 117 Å². The quantitative estimate of drug-likeness (QED) is 0.165. The molecule has 2 unspecified atom stereocenters. The third-order valence-corrected chi connectivity index (χ3v) is 11.4. The van der Waals surface area contributed by atoms with Gasteiger partial charge in [0.05, 0.1) is 24.5 Å². The molecule has 2 aliphatic heterocycles. The van der Waals surface area contributed by atoms with Gasteiger partial charge in [-0.2, -0.15) is 17.6 Å². The lowest BCUT2D eigenvalue weighted by Gasteiger charge is -2.36. The summed E-state index contributed by atoms with van der Waals surface area (Å²) >= 11 is 0. The summed E-state index contributed by atoms with van der Waals surface area (Å²) in [4.78, 5) is 53.2. The zero-order chi connectivity index (χ0) is 42.2. The third kappa shape index (κ3) is 10.5. The number of halogens is 4. The highest BCUT2D eigenvalue weighted by atomic mass is 19.3. The normalized spacial score (nSPS) is 19.3. The summed E-state index contributed by atoms with van der Waals surface area (Å²) < 4.78 is 64.6. The molecule has 2 aromatic heterocycles. The second-order valence-corrected chi connectivity index (χ2v) is 15.7. The maximum absolute atomic E-state index is 13.1. The Bertz CT molecular complexity index is 2220. The molecule has 4 aromatic rings. The Hall–Kier alpha value is -5.80. The SMILES string of the molecule is O=C(NC1CCCCC1)C1CN(Cc2ccc(=O)n(C(F)F)c2)c2ccccc2O1.O=C(NC1CCCCC1)C1CN(Cc2ccn(C(F)F)c(=O)c2)c2ccccc2O1. The minimum atomic E-state index is -2.90. The number of fused-ring (bicyclic) bond motifs is 2. The minimum Gasteiger partial charge on any atom is -0.477 e. The summed E-state index contributed by atoms with van der Waals surface area (Å²) in [6.07, 6.45) is 11.7. The van der Waals surface area contributed by atoms with Crippen LogP contribution in [0.3, 0.4) is 0 Å². The first-order valence-electron chi connectivity index (χ1n) is 20.6. The summed E-state index contributed by atoms with van der Waals surface area (Å²) in [7, 11) is 0. The van der Waals surface area contributed by atoms with Gasteiger partial charge in [0.15, 0.2) is 12.2 Å². The summed E-state index contributed by atoms with van der Waals surface area (Å²) in [5.41, 5.74) is 1.24. The number of carbonyl (C=O) groups is 2. The molecule has 320 valence electrons. The number of aromatic nitrogens is 2. The second-order valence-electron chi connectivity index (χ2n) is 15.7. The molecular weight excluding hydrogens is 785 g/mol. The fraction of sp³-hybridized carbons (Fsp3) is 0.455. The van der Waals surface area contributed by atoms with Crippen LogP contribution in [-0.2, 0) is 22.7 Å². The molecule has 0 bridgehead atoms. The van der Waals surface area contributed by atoms with Crippen LogP contribution in [0.25, 0.3) is 0 Å². The standard InChI is InChI=1S/2C22H25F2N3O3/c23-22(24)27-11-10-15(12-20(27)28)13-26-14-19(30-18-9-5-4-8-17(18)26)21(29)25-16-6-2-1-3-7-16;23-22(24)27-13-15(10-11-20(27)28)12-26-14-19(30-18-9-5-4-8-17(18)26)21(29)25-16-6-2-1-3-7-16/h4-5,8-12,16,19,22H,1-3,6-7,13-14H2,(H,25,29);4-5,8-11,13,16,19,22H,1-3,6-7,12,14H2,(H,25,29). The fourth-order valence-corrected chi connectivity index (χ4v) is 8.30. The first-order chi connectivity index (χ1) is 29.0. The van der Waals surface area contributed by atoms with Crippen LogP contribution in [0.4, 0.5) is 28.9 Å². The summed E-state index contributed by atoms with van der Waals surface area (Å²) in [6, 6.07) is 20.5. The lowest BCUT2D eigenvalue weighted by Crippen LogP contribution is -2.51. The van der Waals surface area contributed by atoms with Crippen LogP contribution in [0, 0.1) is 0 Å². The molecule has 2 aliphatic carbocycles. The number of rotatable bonds is 10. The van der Waals surface area contributed by atoms with E-state index in [9.17, 15) is 36.7 Å². The molecule has 8 rings (SSSR count). The number of para-hydroxylation sites is 4. The van der Waals surface area contributed by atoms with Crippen molar-refractivity contribution in [1.29, 1.82) is 0 Å². The van der Waals surface area contributed by atoms with Crippen molar-refractivity contribution in [2.24, 2.45) is 0 Å². The molecule has 60 heavy (non-hydrogen) atoms. The van der Waals surface area contributed by atoms with Crippen molar-refractivity contribution < 1.29 is 36.6 Å². The maximum atomic E-state index is 13.1. The zero-order valence-corrected chi connectivity index (χ0v) is 33.2. The fourth-order valence-electron chi connectivity index (χ4n) is 8.30. The molecule has 12 nitrogen and oxygen atoms in total. The van der Waals surface area contributed by atoms with Gasteiger partial charge in [-0.1, -0.05) is 68.9 Å². The number of amides is 2. The number of hydrogen-bond donors (Lipinski definition) is 2. The number of nitrogens with zero attached hydrogens (tertiary/aromatic N) is 4. The number of anilines is 2. The monoisotopic (exact) mass is 834 g/mol. The van der Waals surface area contributed by atoms with Gasteiger partial charge in [0.1, 0.15) is 11.5 Å². The summed E-state index contributed by atoms with van der Waals surface area (Å²) in [6.45, 7) is -4.57. The summed E-state index contributed by atoms with van der Waals surface area (Å²) in [5.74, 6) is 0.872. The number of pyridine rings is 2. The van der Waals surface area contributed by atoms with Gasteiger partial charge in [-0.05, 0) is 67.1 Å². The van der Waals surface area contributed by atoms with Gasteiger partial charge in [0.2, 0.25) is 0 Å². The number of benzene rings is 2. The lowest BCUT2D eigenvalue weighted by molar-refractivity contribution is -0.129. The largest absolute Gasteiger partial charge is 0.477 e. The van der Waals surface area contributed by atoms with Crippen LogP contribution in [0.2, 0.25) is 0 Å². The van der Waals surface area contributed by atoms with E-state index in [1.807, 2.05) is 46.2 Å². The van der Waals surface area contributed by atoms with E-state index >= 15 is 0 Å².